The van der Waals surface area contributed by atoms with Gasteiger partial charge in [0.15, 0.2) is 5.96 Å². The predicted molar refractivity (Wildman–Crippen MR) is 112 cm³/mol. The van der Waals surface area contributed by atoms with Crippen molar-refractivity contribution in [3.63, 3.8) is 0 Å². The fourth-order valence-electron chi connectivity index (χ4n) is 3.23. The van der Waals surface area contributed by atoms with Gasteiger partial charge >= 0.3 is 0 Å². The Labute approximate surface area is 166 Å². The summed E-state index contributed by atoms with van der Waals surface area (Å²) in [5.74, 6) is 1.55. The Morgan fingerprint density at radius 1 is 1.44 bits per heavy atom. The maximum atomic E-state index is 5.55. The number of hydrogen-bond acceptors (Lipinski definition) is 3. The second kappa shape index (κ2) is 9.38. The van der Waals surface area contributed by atoms with E-state index in [0.29, 0.717) is 12.5 Å². The van der Waals surface area contributed by atoms with Crippen LogP contribution in [0.5, 0.6) is 0 Å². The molecule has 7 heteroatoms. The molecule has 1 unspecified atom stereocenters. The summed E-state index contributed by atoms with van der Waals surface area (Å²) in [5, 5.41) is 3.44. The zero-order chi connectivity index (χ0) is 16.9. The number of nitrogens with zero attached hydrogens (tertiary/aromatic N) is 4. The molecule has 0 radical (unpaired) electrons. The highest BCUT2D eigenvalue weighted by Crippen LogP contribution is 2.17. The summed E-state index contributed by atoms with van der Waals surface area (Å²) in [7, 11) is 1.84. The largest absolute Gasteiger partial charge is 0.381 e. The van der Waals surface area contributed by atoms with Crippen LogP contribution in [0.15, 0.2) is 29.4 Å². The maximum Gasteiger partial charge on any atom is 0.193 e. The molecule has 1 atom stereocenters. The number of aliphatic imine (C=N–C) groups is 1. The van der Waals surface area contributed by atoms with Crippen LogP contribution in [-0.2, 0) is 11.3 Å². The number of halogens is 1. The van der Waals surface area contributed by atoms with Crippen molar-refractivity contribution < 1.29 is 4.74 Å². The van der Waals surface area contributed by atoms with Crippen molar-refractivity contribution in [1.29, 1.82) is 0 Å². The van der Waals surface area contributed by atoms with Gasteiger partial charge in [-0.15, -0.1) is 24.0 Å². The number of rotatable bonds is 5. The minimum atomic E-state index is 0. The van der Waals surface area contributed by atoms with E-state index < -0.39 is 0 Å². The van der Waals surface area contributed by atoms with Crippen LogP contribution in [0.4, 0.5) is 0 Å². The highest BCUT2D eigenvalue weighted by molar-refractivity contribution is 14.0. The summed E-state index contributed by atoms with van der Waals surface area (Å²) in [6.07, 6.45) is 3.25. The monoisotopic (exact) mass is 457 g/mol. The van der Waals surface area contributed by atoms with Crippen molar-refractivity contribution in [1.82, 2.24) is 19.6 Å². The van der Waals surface area contributed by atoms with E-state index in [0.717, 1.165) is 50.0 Å². The predicted octanol–water partition coefficient (Wildman–Crippen LogP) is 2.69. The smallest absolute Gasteiger partial charge is 0.193 e. The highest BCUT2D eigenvalue weighted by Gasteiger charge is 2.24. The lowest BCUT2D eigenvalue weighted by Gasteiger charge is -2.21. The maximum absolute atomic E-state index is 5.55. The van der Waals surface area contributed by atoms with E-state index in [-0.39, 0.29) is 24.0 Å². The molecule has 2 aromatic heterocycles. The van der Waals surface area contributed by atoms with E-state index in [9.17, 15) is 0 Å². The SMILES string of the molecule is CCOCC1CCN(C(=NC)NCc2cn3c(C)cccc3n2)C1.I. The normalized spacial score (nSPS) is 17.8. The Kier molecular flexibility index (Phi) is 7.49. The number of guanidine groups is 1. The lowest BCUT2D eigenvalue weighted by Crippen LogP contribution is -2.39. The van der Waals surface area contributed by atoms with Crippen molar-refractivity contribution in [3.8, 4) is 0 Å². The number of aryl methyl sites for hydroxylation is 1. The van der Waals surface area contributed by atoms with Gasteiger partial charge in [-0.1, -0.05) is 6.07 Å². The van der Waals surface area contributed by atoms with Crippen LogP contribution in [0.25, 0.3) is 5.65 Å². The van der Waals surface area contributed by atoms with Crippen molar-refractivity contribution in [2.45, 2.75) is 26.8 Å². The molecule has 1 aliphatic rings. The molecule has 1 aliphatic heterocycles. The van der Waals surface area contributed by atoms with Crippen molar-refractivity contribution in [2.75, 3.05) is 33.4 Å². The van der Waals surface area contributed by atoms with Gasteiger partial charge in [0, 0.05) is 44.6 Å². The molecule has 1 fully saturated rings. The molecule has 1 N–H and O–H groups in total. The first-order valence-corrected chi connectivity index (χ1v) is 8.68. The third kappa shape index (κ3) is 4.84. The molecule has 0 aromatic carbocycles. The first-order chi connectivity index (χ1) is 11.7. The van der Waals surface area contributed by atoms with Crippen molar-refractivity contribution in [2.24, 2.45) is 10.9 Å². The molecule has 0 bridgehead atoms. The van der Waals surface area contributed by atoms with Gasteiger partial charge in [0.1, 0.15) is 5.65 Å². The molecule has 6 nitrogen and oxygen atoms in total. The van der Waals surface area contributed by atoms with E-state index >= 15 is 0 Å². The lowest BCUT2D eigenvalue weighted by molar-refractivity contribution is 0.114. The molecule has 3 rings (SSSR count). The van der Waals surface area contributed by atoms with Gasteiger partial charge in [-0.05, 0) is 32.4 Å². The number of hydrogen-bond donors (Lipinski definition) is 1. The minimum absolute atomic E-state index is 0. The summed E-state index contributed by atoms with van der Waals surface area (Å²) in [4.78, 5) is 11.4. The van der Waals surface area contributed by atoms with E-state index in [2.05, 4.69) is 43.8 Å². The molecule has 3 heterocycles. The quantitative estimate of drug-likeness (QED) is 0.426. The second-order valence-corrected chi connectivity index (χ2v) is 6.29. The van der Waals surface area contributed by atoms with Crippen LogP contribution >= 0.6 is 24.0 Å². The third-order valence-electron chi connectivity index (χ3n) is 4.53. The molecule has 0 amide bonds. The molecule has 25 heavy (non-hydrogen) atoms. The Bertz CT molecular complexity index is 715. The fourth-order valence-corrected chi connectivity index (χ4v) is 3.23. The van der Waals surface area contributed by atoms with Gasteiger partial charge in [0.2, 0.25) is 0 Å². The van der Waals surface area contributed by atoms with Gasteiger partial charge in [-0.2, -0.15) is 0 Å². The summed E-state index contributed by atoms with van der Waals surface area (Å²) >= 11 is 0. The highest BCUT2D eigenvalue weighted by atomic mass is 127. The minimum Gasteiger partial charge on any atom is -0.381 e. The van der Waals surface area contributed by atoms with Gasteiger partial charge in [0.05, 0.1) is 18.8 Å². The number of imidazole rings is 1. The molecule has 1 saturated heterocycles. The van der Waals surface area contributed by atoms with E-state index in [1.807, 2.05) is 26.1 Å². The van der Waals surface area contributed by atoms with E-state index in [1.165, 1.54) is 5.69 Å². The number of pyridine rings is 1. The van der Waals surface area contributed by atoms with E-state index in [4.69, 9.17) is 4.74 Å². The summed E-state index contributed by atoms with van der Waals surface area (Å²) in [5.41, 5.74) is 3.20. The Morgan fingerprint density at radius 3 is 3.00 bits per heavy atom. The molecular formula is C18H28IN5O. The molecule has 0 aliphatic carbocycles. The molecule has 2 aromatic rings. The summed E-state index contributed by atoms with van der Waals surface area (Å²) in [6, 6.07) is 6.16. The van der Waals surface area contributed by atoms with Crippen LogP contribution in [-0.4, -0.2) is 53.6 Å². The Morgan fingerprint density at radius 2 is 2.28 bits per heavy atom. The van der Waals surface area contributed by atoms with Crippen LogP contribution in [0.2, 0.25) is 0 Å². The van der Waals surface area contributed by atoms with E-state index in [1.54, 1.807) is 0 Å². The number of aromatic nitrogens is 2. The molecule has 0 spiro atoms. The number of likely N-dealkylation sites (tertiary alicyclic amines) is 1. The molecule has 138 valence electrons. The van der Waals surface area contributed by atoms with Crippen LogP contribution in [0.1, 0.15) is 24.7 Å². The zero-order valence-electron chi connectivity index (χ0n) is 15.2. The topological polar surface area (TPSA) is 54.2 Å². The van der Waals surface area contributed by atoms with Crippen molar-refractivity contribution in [3.05, 3.63) is 35.8 Å². The first-order valence-electron chi connectivity index (χ1n) is 8.68. The molecule has 0 saturated carbocycles. The van der Waals surface area contributed by atoms with Crippen LogP contribution in [0.3, 0.4) is 0 Å². The fraction of sp³-hybridized carbons (Fsp3) is 0.556. The summed E-state index contributed by atoms with van der Waals surface area (Å²) in [6.45, 7) is 8.48. The average Bonchev–Trinajstić information content (AvgIpc) is 3.21. The van der Waals surface area contributed by atoms with Gasteiger partial charge in [0.25, 0.3) is 0 Å². The average molecular weight is 457 g/mol. The standard InChI is InChI=1S/C18H27N5O.HI/c1-4-24-13-15-8-9-22(11-15)18(19-3)20-10-16-12-23-14(2)6-5-7-17(23)21-16;/h5-7,12,15H,4,8-11,13H2,1-3H3,(H,19,20);1H. The third-order valence-corrected chi connectivity index (χ3v) is 4.53. The first kappa shape index (κ1) is 20.0. The molecular weight excluding hydrogens is 429 g/mol. The Balaban J connectivity index is 0.00000225. The van der Waals surface area contributed by atoms with Gasteiger partial charge < -0.3 is 19.4 Å². The van der Waals surface area contributed by atoms with Crippen LogP contribution < -0.4 is 5.32 Å². The van der Waals surface area contributed by atoms with Gasteiger partial charge in [-0.3, -0.25) is 4.99 Å². The van der Waals surface area contributed by atoms with Crippen LogP contribution in [0, 0.1) is 12.8 Å². The summed E-state index contributed by atoms with van der Waals surface area (Å²) < 4.78 is 7.67. The van der Waals surface area contributed by atoms with Gasteiger partial charge in [-0.25, -0.2) is 4.98 Å². The number of nitrogens with one attached hydrogen (secondary N) is 1. The zero-order valence-corrected chi connectivity index (χ0v) is 17.6. The van der Waals surface area contributed by atoms with Crippen molar-refractivity contribution >= 4 is 35.6 Å². The second-order valence-electron chi connectivity index (χ2n) is 6.29. The number of ether oxygens (including phenoxy) is 1. The lowest BCUT2D eigenvalue weighted by atomic mass is 10.1. The Hall–Kier alpha value is -1.35. The number of fused-ring (bicyclic) bond motifs is 1.